The molecule has 0 fully saturated rings. The Labute approximate surface area is 101 Å². The molecule has 84 valence electrons. The van der Waals surface area contributed by atoms with Gasteiger partial charge in [0, 0.05) is 27.4 Å². The molecule has 0 saturated carbocycles. The first-order valence-electron chi connectivity index (χ1n) is 4.85. The van der Waals surface area contributed by atoms with Crippen molar-refractivity contribution < 1.29 is 9.90 Å². The molecule has 0 saturated heterocycles. The van der Waals surface area contributed by atoms with Crippen LogP contribution in [-0.2, 0) is 11.2 Å². The van der Waals surface area contributed by atoms with Gasteiger partial charge in [0.05, 0.1) is 0 Å². The zero-order chi connectivity index (χ0) is 11.7. The number of anilines is 1. The Bertz CT molecular complexity index is 548. The highest BCUT2D eigenvalue weighted by atomic mass is 79.9. The number of nitrogens with two attached hydrogens (primary N) is 1. The average molecular weight is 283 g/mol. The molecule has 4 N–H and O–H groups in total. The summed E-state index contributed by atoms with van der Waals surface area (Å²) in [6, 6.07) is 5.78. The number of aromatic nitrogens is 1. The Hall–Kier alpha value is -1.49. The maximum Gasteiger partial charge on any atom is 0.303 e. The molecule has 5 heteroatoms. The number of hydrogen-bond acceptors (Lipinski definition) is 2. The topological polar surface area (TPSA) is 79.1 Å². The summed E-state index contributed by atoms with van der Waals surface area (Å²) in [4.78, 5) is 13.6. The monoisotopic (exact) mass is 282 g/mol. The van der Waals surface area contributed by atoms with Crippen LogP contribution >= 0.6 is 15.9 Å². The van der Waals surface area contributed by atoms with Gasteiger partial charge < -0.3 is 15.8 Å². The average Bonchev–Trinajstić information content (AvgIpc) is 2.51. The number of nitrogen functional groups attached to an aromatic ring is 1. The van der Waals surface area contributed by atoms with Gasteiger partial charge in [0.15, 0.2) is 0 Å². The van der Waals surface area contributed by atoms with Crippen LogP contribution in [0.3, 0.4) is 0 Å². The Morgan fingerprint density at radius 1 is 1.50 bits per heavy atom. The number of H-pyrrole nitrogens is 1. The van der Waals surface area contributed by atoms with Gasteiger partial charge in [-0.1, -0.05) is 15.9 Å². The molecule has 0 aliphatic rings. The van der Waals surface area contributed by atoms with E-state index in [1.807, 2.05) is 18.2 Å². The molecular formula is C11H11BrN2O2. The number of halogens is 1. The summed E-state index contributed by atoms with van der Waals surface area (Å²) in [5.41, 5.74) is 7.63. The quantitative estimate of drug-likeness (QED) is 0.809. The van der Waals surface area contributed by atoms with Gasteiger partial charge in [-0.05, 0) is 24.6 Å². The molecule has 1 aromatic heterocycles. The van der Waals surface area contributed by atoms with Crippen LogP contribution in [0.25, 0.3) is 10.9 Å². The number of aromatic amines is 1. The van der Waals surface area contributed by atoms with Crippen molar-refractivity contribution in [2.45, 2.75) is 12.8 Å². The summed E-state index contributed by atoms with van der Waals surface area (Å²) >= 11 is 3.38. The first kappa shape index (κ1) is 11.0. The molecule has 0 bridgehead atoms. The second-order valence-corrected chi connectivity index (χ2v) is 4.52. The van der Waals surface area contributed by atoms with Gasteiger partial charge in [-0.3, -0.25) is 4.79 Å². The van der Waals surface area contributed by atoms with Gasteiger partial charge in [0.25, 0.3) is 0 Å². The minimum atomic E-state index is -0.816. The maximum atomic E-state index is 10.5. The lowest BCUT2D eigenvalue weighted by molar-refractivity contribution is -0.136. The largest absolute Gasteiger partial charge is 0.481 e. The zero-order valence-corrected chi connectivity index (χ0v) is 10.0. The molecule has 4 nitrogen and oxygen atoms in total. The first-order chi connectivity index (χ1) is 7.58. The molecule has 2 rings (SSSR count). The summed E-state index contributed by atoms with van der Waals surface area (Å²) in [6.07, 6.45) is 0.529. The van der Waals surface area contributed by atoms with E-state index < -0.39 is 5.97 Å². The number of carboxylic acids is 1. The fourth-order valence-electron chi connectivity index (χ4n) is 1.74. The molecule has 0 unspecified atom stereocenters. The summed E-state index contributed by atoms with van der Waals surface area (Å²) in [6.45, 7) is 0. The molecular weight excluding hydrogens is 272 g/mol. The number of fused-ring (bicyclic) bond motifs is 1. The van der Waals surface area contributed by atoms with Gasteiger partial charge in [-0.15, -0.1) is 0 Å². The Morgan fingerprint density at radius 2 is 2.25 bits per heavy atom. The highest BCUT2D eigenvalue weighted by molar-refractivity contribution is 9.10. The van der Waals surface area contributed by atoms with Crippen molar-refractivity contribution in [1.29, 1.82) is 0 Å². The third kappa shape index (κ3) is 2.04. The second kappa shape index (κ2) is 4.17. The number of hydrogen-bond donors (Lipinski definition) is 3. The molecule has 1 aromatic carbocycles. The molecule has 0 amide bonds. The number of benzene rings is 1. The number of carbonyl (C=O) groups is 1. The maximum absolute atomic E-state index is 10.5. The summed E-state index contributed by atoms with van der Waals surface area (Å²) in [5.74, 6) is -0.266. The molecule has 0 aliphatic heterocycles. The normalized spacial score (nSPS) is 10.8. The van der Waals surface area contributed by atoms with E-state index >= 15 is 0 Å². The predicted octanol–water partition coefficient (Wildman–Crippen LogP) is 2.53. The van der Waals surface area contributed by atoms with Crippen molar-refractivity contribution in [3.63, 3.8) is 0 Å². The van der Waals surface area contributed by atoms with Crippen LogP contribution in [0.5, 0.6) is 0 Å². The number of aryl methyl sites for hydroxylation is 1. The third-order valence-electron chi connectivity index (χ3n) is 2.49. The first-order valence-corrected chi connectivity index (χ1v) is 5.64. The zero-order valence-electron chi connectivity index (χ0n) is 8.46. The smallest absolute Gasteiger partial charge is 0.303 e. The van der Waals surface area contributed by atoms with E-state index in [2.05, 4.69) is 20.9 Å². The highest BCUT2D eigenvalue weighted by Crippen LogP contribution is 2.28. The van der Waals surface area contributed by atoms with Gasteiger partial charge >= 0.3 is 5.97 Å². The SMILES string of the molecule is Nc1[nH]c2ccc(Br)cc2c1CCC(=O)O. The Balaban J connectivity index is 2.45. The van der Waals surface area contributed by atoms with E-state index in [9.17, 15) is 4.79 Å². The summed E-state index contributed by atoms with van der Waals surface area (Å²) in [5, 5.41) is 9.65. The number of aliphatic carboxylic acids is 1. The van der Waals surface area contributed by atoms with Crippen LogP contribution < -0.4 is 5.73 Å². The number of carboxylic acid groups (broad SMARTS) is 1. The molecule has 2 aromatic rings. The lowest BCUT2D eigenvalue weighted by atomic mass is 10.1. The van der Waals surface area contributed by atoms with Crippen molar-refractivity contribution >= 4 is 38.6 Å². The van der Waals surface area contributed by atoms with Crippen molar-refractivity contribution in [1.82, 2.24) is 4.98 Å². The lowest BCUT2D eigenvalue weighted by Crippen LogP contribution is -1.99. The van der Waals surface area contributed by atoms with Crippen molar-refractivity contribution in [2.24, 2.45) is 0 Å². The fraction of sp³-hybridized carbons (Fsp3) is 0.182. The van der Waals surface area contributed by atoms with Gasteiger partial charge in [-0.25, -0.2) is 0 Å². The van der Waals surface area contributed by atoms with Crippen LogP contribution in [0, 0.1) is 0 Å². The van der Waals surface area contributed by atoms with E-state index in [0.29, 0.717) is 12.2 Å². The second-order valence-electron chi connectivity index (χ2n) is 3.60. The Kier molecular flexibility index (Phi) is 2.87. The summed E-state index contributed by atoms with van der Waals surface area (Å²) < 4.78 is 0.954. The molecule has 0 atom stereocenters. The third-order valence-corrected chi connectivity index (χ3v) is 2.98. The molecule has 1 heterocycles. The van der Waals surface area contributed by atoms with Crippen LogP contribution in [0.1, 0.15) is 12.0 Å². The van der Waals surface area contributed by atoms with Gasteiger partial charge in [0.1, 0.15) is 5.82 Å². The van der Waals surface area contributed by atoms with Crippen molar-refractivity contribution in [3.8, 4) is 0 Å². The lowest BCUT2D eigenvalue weighted by Gasteiger charge is -1.98. The molecule has 0 radical (unpaired) electrons. The van der Waals surface area contributed by atoms with Crippen LogP contribution in [0.4, 0.5) is 5.82 Å². The number of nitrogens with one attached hydrogen (secondary N) is 1. The molecule has 0 spiro atoms. The van der Waals surface area contributed by atoms with Crippen LogP contribution in [0.15, 0.2) is 22.7 Å². The van der Waals surface area contributed by atoms with Gasteiger partial charge in [0.2, 0.25) is 0 Å². The van der Waals surface area contributed by atoms with Crippen LogP contribution in [-0.4, -0.2) is 16.1 Å². The molecule has 0 aliphatic carbocycles. The highest BCUT2D eigenvalue weighted by Gasteiger charge is 2.10. The predicted molar refractivity (Wildman–Crippen MR) is 66.4 cm³/mol. The van der Waals surface area contributed by atoms with E-state index in [4.69, 9.17) is 10.8 Å². The van der Waals surface area contributed by atoms with Crippen molar-refractivity contribution in [2.75, 3.05) is 5.73 Å². The van der Waals surface area contributed by atoms with Crippen LogP contribution in [0.2, 0.25) is 0 Å². The fourth-order valence-corrected chi connectivity index (χ4v) is 2.10. The minimum Gasteiger partial charge on any atom is -0.481 e. The van der Waals surface area contributed by atoms with Crippen molar-refractivity contribution in [3.05, 3.63) is 28.2 Å². The van der Waals surface area contributed by atoms with E-state index in [-0.39, 0.29) is 6.42 Å². The summed E-state index contributed by atoms with van der Waals surface area (Å²) in [7, 11) is 0. The number of rotatable bonds is 3. The van der Waals surface area contributed by atoms with E-state index in [1.165, 1.54) is 0 Å². The standard InChI is InChI=1S/C11H11BrN2O2/c12-6-1-3-9-8(5-6)7(11(13)14-9)2-4-10(15)16/h1,3,5,14H,2,4,13H2,(H,15,16). The van der Waals surface area contributed by atoms with Gasteiger partial charge in [-0.2, -0.15) is 0 Å². The van der Waals surface area contributed by atoms with E-state index in [0.717, 1.165) is 20.9 Å². The van der Waals surface area contributed by atoms with E-state index in [1.54, 1.807) is 0 Å². The minimum absolute atomic E-state index is 0.0870. The molecule has 16 heavy (non-hydrogen) atoms. The Morgan fingerprint density at radius 3 is 2.94 bits per heavy atom.